The fourth-order valence-corrected chi connectivity index (χ4v) is 8.11. The lowest BCUT2D eigenvalue weighted by Gasteiger charge is -2.21. The van der Waals surface area contributed by atoms with E-state index in [4.69, 9.17) is 18.9 Å². The van der Waals surface area contributed by atoms with Crippen molar-refractivity contribution in [2.75, 3.05) is 26.4 Å². The zero-order valence-corrected chi connectivity index (χ0v) is 37.2. The van der Waals surface area contributed by atoms with E-state index in [0.29, 0.717) is 67.7 Å². The molecule has 0 amide bonds. The number of rotatable bonds is 16. The average molecular weight is 935 g/mol. The summed E-state index contributed by atoms with van der Waals surface area (Å²) in [6, 6.07) is 33.4. The Kier molecular flexibility index (Phi) is 15.1. The van der Waals surface area contributed by atoms with E-state index in [1.165, 1.54) is 0 Å². The van der Waals surface area contributed by atoms with Crippen LogP contribution in [0.5, 0.6) is 0 Å². The van der Waals surface area contributed by atoms with E-state index in [0.717, 1.165) is 21.5 Å². The molecule has 0 atom stereocenters. The third-order valence-electron chi connectivity index (χ3n) is 9.77. The molecule has 0 spiro atoms. The second-order valence-electron chi connectivity index (χ2n) is 14.0. The molecule has 0 N–H and O–H groups in total. The normalized spacial score (nSPS) is 12.2. The zero-order chi connectivity index (χ0) is 42.8. The molecule has 6 rings (SSSR count). The van der Waals surface area contributed by atoms with Gasteiger partial charge in [-0.2, -0.15) is 0 Å². The Balaban J connectivity index is 1.81. The summed E-state index contributed by atoms with van der Waals surface area (Å²) in [5, 5.41) is 4.21. The number of benzene rings is 6. The largest absolute Gasteiger partial charge is 0.462 e. The van der Waals surface area contributed by atoms with Crippen LogP contribution in [0, 0.1) is 0 Å². The zero-order valence-electron chi connectivity index (χ0n) is 34.1. The van der Waals surface area contributed by atoms with Crippen LogP contribution < -0.4 is 0 Å². The minimum atomic E-state index is -0.672. The molecular weight excluding hydrogens is 888 g/mol. The molecule has 0 aliphatic carbocycles. The van der Waals surface area contributed by atoms with E-state index in [2.05, 4.69) is 31.9 Å². The summed E-state index contributed by atoms with van der Waals surface area (Å²) in [7, 11) is 0. The van der Waals surface area contributed by atoms with Crippen molar-refractivity contribution < 1.29 is 38.1 Å². The summed E-state index contributed by atoms with van der Waals surface area (Å²) >= 11 is 7.26. The van der Waals surface area contributed by atoms with Gasteiger partial charge in [0.25, 0.3) is 0 Å². The Morgan fingerprint density at radius 2 is 0.633 bits per heavy atom. The van der Waals surface area contributed by atoms with Crippen LogP contribution in [0.3, 0.4) is 0 Å². The van der Waals surface area contributed by atoms with E-state index >= 15 is 0 Å². The molecule has 10 heteroatoms. The number of carbonyl (C=O) groups excluding carboxylic acids is 4. The van der Waals surface area contributed by atoms with Crippen LogP contribution in [0.4, 0.5) is 0 Å². The van der Waals surface area contributed by atoms with Gasteiger partial charge in [0.05, 0.1) is 48.7 Å². The summed E-state index contributed by atoms with van der Waals surface area (Å²) in [6.45, 7) is 8.20. The van der Waals surface area contributed by atoms with Gasteiger partial charge in [0.1, 0.15) is 0 Å². The molecule has 0 aliphatic rings. The summed E-state index contributed by atoms with van der Waals surface area (Å²) in [5.41, 5.74) is 2.12. The molecule has 0 radical (unpaired) electrons. The number of hydrogen-bond acceptors (Lipinski definition) is 8. The predicted octanol–water partition coefficient (Wildman–Crippen LogP) is 12.3. The molecule has 0 fully saturated rings. The van der Waals surface area contributed by atoms with Crippen molar-refractivity contribution in [3.8, 4) is 0 Å². The van der Waals surface area contributed by atoms with Crippen LogP contribution in [0.1, 0.15) is 75.6 Å². The highest BCUT2D eigenvalue weighted by molar-refractivity contribution is 9.10. The van der Waals surface area contributed by atoms with Crippen LogP contribution in [-0.4, -0.2) is 50.3 Å². The van der Waals surface area contributed by atoms with Crippen LogP contribution in [0.15, 0.2) is 118 Å². The fourth-order valence-electron chi connectivity index (χ4n) is 7.15. The van der Waals surface area contributed by atoms with Crippen molar-refractivity contribution in [1.29, 1.82) is 0 Å². The topological polar surface area (TPSA) is 105 Å². The first-order chi connectivity index (χ1) is 29.2. The van der Waals surface area contributed by atoms with Gasteiger partial charge in [-0.25, -0.2) is 19.2 Å². The van der Waals surface area contributed by atoms with Crippen molar-refractivity contribution in [3.05, 3.63) is 140 Å². The lowest BCUT2D eigenvalue weighted by atomic mass is 9.84. The maximum absolute atomic E-state index is 14.5. The molecule has 0 heterocycles. The number of esters is 4. The van der Waals surface area contributed by atoms with Crippen LogP contribution in [0.25, 0.3) is 54.6 Å². The van der Waals surface area contributed by atoms with Gasteiger partial charge in [0.15, 0.2) is 0 Å². The van der Waals surface area contributed by atoms with E-state index < -0.39 is 23.9 Å². The predicted molar refractivity (Wildman–Crippen MR) is 246 cm³/mol. The van der Waals surface area contributed by atoms with E-state index in [9.17, 15) is 19.2 Å². The molecule has 0 saturated heterocycles. The molecule has 0 aliphatic heterocycles. The molecule has 8 nitrogen and oxygen atoms in total. The fraction of sp³-hybridized carbons (Fsp3) is 0.240. The van der Waals surface area contributed by atoms with Gasteiger partial charge in [0.2, 0.25) is 0 Å². The van der Waals surface area contributed by atoms with Gasteiger partial charge in [-0.05, 0) is 93.4 Å². The summed E-state index contributed by atoms with van der Waals surface area (Å²) in [6.07, 6.45) is 2.30. The van der Waals surface area contributed by atoms with Gasteiger partial charge >= 0.3 is 23.9 Å². The second kappa shape index (κ2) is 20.6. The van der Waals surface area contributed by atoms with Crippen LogP contribution in [0.2, 0.25) is 0 Å². The highest BCUT2D eigenvalue weighted by Gasteiger charge is 2.32. The highest BCUT2D eigenvalue weighted by Crippen LogP contribution is 2.44. The first-order valence-electron chi connectivity index (χ1n) is 20.2. The molecule has 308 valence electrons. The molecule has 0 aromatic heterocycles. The highest BCUT2D eigenvalue weighted by atomic mass is 79.9. The molecule has 60 heavy (non-hydrogen) atoms. The lowest BCUT2D eigenvalue weighted by molar-refractivity contribution is -0.138. The maximum Gasteiger partial charge on any atom is 0.339 e. The number of hydrogen-bond donors (Lipinski definition) is 0. The van der Waals surface area contributed by atoms with Crippen LogP contribution in [-0.2, 0) is 38.1 Å². The van der Waals surface area contributed by atoms with Gasteiger partial charge in [-0.3, -0.25) is 0 Å². The van der Waals surface area contributed by atoms with Crippen LogP contribution >= 0.6 is 31.9 Å². The monoisotopic (exact) mass is 932 g/mol. The van der Waals surface area contributed by atoms with Gasteiger partial charge in [0, 0.05) is 20.1 Å². The Hall–Kier alpha value is -5.58. The summed E-state index contributed by atoms with van der Waals surface area (Å²) < 4.78 is 24.5. The Labute approximate surface area is 366 Å². The smallest absolute Gasteiger partial charge is 0.339 e. The van der Waals surface area contributed by atoms with Gasteiger partial charge in [-0.1, -0.05) is 144 Å². The van der Waals surface area contributed by atoms with Crippen molar-refractivity contribution in [2.45, 2.75) is 53.4 Å². The number of halogens is 2. The minimum absolute atomic E-state index is 0.0568. The average Bonchev–Trinajstić information content (AvgIpc) is 3.27. The summed E-state index contributed by atoms with van der Waals surface area (Å²) in [4.78, 5) is 57.5. The molecule has 0 saturated carbocycles. The molecule has 0 bridgehead atoms. The van der Waals surface area contributed by atoms with Crippen molar-refractivity contribution in [2.24, 2.45) is 0 Å². The van der Waals surface area contributed by atoms with E-state index in [1.807, 2.05) is 113 Å². The standard InChI is InChI=1S/C50H46Br2O8/c1-5-25-57-47(53)43(35-21-13-15-23-41(35)51)45(49(55)59-27-7-3)39-29-37-32-18-10-12-20-34(32)40(30-38(37)31-17-9-11-19-33(31)39)46(50(56)60-28-8-4)44(48(54)58-26-6-2)36-22-14-16-24-42(36)52/h9-24,29-30H,5-8,25-28H2,1-4H3/b45-43-,46-44-. The second-order valence-corrected chi connectivity index (χ2v) is 15.7. The van der Waals surface area contributed by atoms with Gasteiger partial charge in [-0.15, -0.1) is 0 Å². The Morgan fingerprint density at radius 3 is 0.933 bits per heavy atom. The van der Waals surface area contributed by atoms with Crippen molar-refractivity contribution >= 4 is 110 Å². The van der Waals surface area contributed by atoms with Gasteiger partial charge < -0.3 is 18.9 Å². The molecular formula is C50H46Br2O8. The summed E-state index contributed by atoms with van der Waals surface area (Å²) in [5.74, 6) is -2.67. The Bertz CT molecular complexity index is 2480. The number of carbonyl (C=O) groups is 4. The SMILES string of the molecule is CCCOC(=O)/C(=C(\C(=O)OCCC)c1cc2c3ccccc3c(/C(C(=O)OCCC)=C(/C(=O)OCCC)c3ccccc3Br)cc2c2ccccc12)c1ccccc1Br. The molecule has 6 aromatic carbocycles. The quantitative estimate of drug-likeness (QED) is 0.0311. The Morgan fingerprint density at radius 1 is 0.367 bits per heavy atom. The minimum Gasteiger partial charge on any atom is -0.462 e. The number of fused-ring (bicyclic) bond motifs is 5. The lowest BCUT2D eigenvalue weighted by Crippen LogP contribution is -2.17. The first-order valence-corrected chi connectivity index (χ1v) is 21.8. The van der Waals surface area contributed by atoms with E-state index in [-0.39, 0.29) is 48.7 Å². The van der Waals surface area contributed by atoms with Crippen molar-refractivity contribution in [3.63, 3.8) is 0 Å². The van der Waals surface area contributed by atoms with E-state index in [1.54, 1.807) is 24.3 Å². The van der Waals surface area contributed by atoms with Crippen molar-refractivity contribution in [1.82, 2.24) is 0 Å². The molecule has 6 aromatic rings. The third-order valence-corrected chi connectivity index (χ3v) is 11.2. The third kappa shape index (κ3) is 9.25. The maximum atomic E-state index is 14.5. The first kappa shape index (κ1) is 44.0. The number of ether oxygens (including phenoxy) is 4. The molecule has 0 unspecified atom stereocenters.